The van der Waals surface area contributed by atoms with Crippen molar-refractivity contribution >= 4 is 23.6 Å². The van der Waals surface area contributed by atoms with Crippen LogP contribution in [0.2, 0.25) is 0 Å². The lowest BCUT2D eigenvalue weighted by Gasteiger charge is -2.32. The summed E-state index contributed by atoms with van der Waals surface area (Å²) in [5.74, 6) is -0.910. The first-order valence-electron chi connectivity index (χ1n) is 17.3. The van der Waals surface area contributed by atoms with Crippen LogP contribution in [0.15, 0.2) is 54.6 Å². The number of likely N-dealkylation sites (N-methyl/N-ethyl adjacent to an activating group) is 1. The highest BCUT2D eigenvalue weighted by atomic mass is 16.5. The van der Waals surface area contributed by atoms with Gasteiger partial charge in [0.1, 0.15) is 42.8 Å². The molecule has 3 aromatic carbocycles. The van der Waals surface area contributed by atoms with E-state index in [4.69, 9.17) is 26.7 Å². The molecule has 0 unspecified atom stereocenters. The average molecular weight is 702 g/mol. The van der Waals surface area contributed by atoms with Gasteiger partial charge in [0.25, 0.3) is 5.91 Å². The zero-order valence-electron chi connectivity index (χ0n) is 30.1. The van der Waals surface area contributed by atoms with Crippen LogP contribution < -0.4 is 42.6 Å². The number of ether oxygens (including phenoxy) is 2. The van der Waals surface area contributed by atoms with Crippen molar-refractivity contribution in [1.29, 1.82) is 0 Å². The molecule has 4 amide bonds. The molecule has 1 heterocycles. The Morgan fingerprint density at radius 2 is 1.51 bits per heavy atom. The number of hydrogen-bond donors (Lipinski definition) is 6. The Morgan fingerprint density at radius 1 is 0.863 bits per heavy atom. The smallest absolute Gasteiger partial charge is 0.252 e. The normalized spacial score (nSPS) is 18.1. The SMILES string of the molecule is Cc1ccc(C(=O)N[C@@H](CCN)C(=O)N(C)[C@@H]2C(=O)N[C@@H](C)C(=O)N[C@H](C)Cc3ccc(OCCN)c(c3)-c3cc2ccc3OCCN)c(C)c1. The van der Waals surface area contributed by atoms with Gasteiger partial charge in [-0.15, -0.1) is 0 Å². The fraction of sp³-hybridized carbons (Fsp3) is 0.421. The van der Waals surface area contributed by atoms with E-state index >= 15 is 0 Å². The number of nitrogens with zero attached hydrogens (tertiary/aromatic N) is 1. The molecule has 0 aliphatic carbocycles. The molecule has 9 N–H and O–H groups in total. The van der Waals surface area contributed by atoms with E-state index in [1.807, 2.05) is 51.1 Å². The topological polar surface area (TPSA) is 204 Å². The lowest BCUT2D eigenvalue weighted by Crippen LogP contribution is -2.54. The van der Waals surface area contributed by atoms with E-state index in [2.05, 4.69) is 16.0 Å². The largest absolute Gasteiger partial charge is 0.492 e. The van der Waals surface area contributed by atoms with Gasteiger partial charge in [0, 0.05) is 42.9 Å². The van der Waals surface area contributed by atoms with Crippen molar-refractivity contribution in [1.82, 2.24) is 20.9 Å². The van der Waals surface area contributed by atoms with Gasteiger partial charge in [0.2, 0.25) is 17.7 Å². The molecule has 274 valence electrons. The molecule has 1 aliphatic heterocycles. The number of rotatable bonds is 12. The Morgan fingerprint density at radius 3 is 2.14 bits per heavy atom. The molecule has 0 spiro atoms. The highest BCUT2D eigenvalue weighted by Gasteiger charge is 2.35. The van der Waals surface area contributed by atoms with Crippen LogP contribution in [0.4, 0.5) is 0 Å². The predicted octanol–water partition coefficient (Wildman–Crippen LogP) is 1.86. The molecule has 1 aliphatic rings. The quantitative estimate of drug-likeness (QED) is 0.163. The van der Waals surface area contributed by atoms with Crippen LogP contribution in [-0.2, 0) is 20.8 Å². The van der Waals surface area contributed by atoms with Crippen LogP contribution in [-0.4, -0.2) is 86.5 Å². The lowest BCUT2D eigenvalue weighted by molar-refractivity contribution is -0.141. The van der Waals surface area contributed by atoms with Crippen molar-refractivity contribution in [3.63, 3.8) is 0 Å². The summed E-state index contributed by atoms with van der Waals surface area (Å²) in [7, 11) is 1.49. The van der Waals surface area contributed by atoms with Gasteiger partial charge in [-0.3, -0.25) is 19.2 Å². The first kappa shape index (κ1) is 38.8. The van der Waals surface area contributed by atoms with Crippen LogP contribution in [0, 0.1) is 13.8 Å². The summed E-state index contributed by atoms with van der Waals surface area (Å²) in [6.07, 6.45) is 0.627. The second-order valence-electron chi connectivity index (χ2n) is 13.0. The van der Waals surface area contributed by atoms with Gasteiger partial charge in [0.05, 0.1) is 0 Å². The summed E-state index contributed by atoms with van der Waals surface area (Å²) >= 11 is 0. The Bertz CT molecular complexity index is 1730. The number of nitrogens with one attached hydrogen (secondary N) is 3. The van der Waals surface area contributed by atoms with E-state index in [9.17, 15) is 19.2 Å². The zero-order valence-corrected chi connectivity index (χ0v) is 30.1. The van der Waals surface area contributed by atoms with Crippen molar-refractivity contribution in [3.05, 3.63) is 82.4 Å². The average Bonchev–Trinajstić information content (AvgIpc) is 3.09. The Balaban J connectivity index is 1.85. The molecule has 0 saturated heterocycles. The molecule has 4 bridgehead atoms. The number of aryl methyl sites for hydroxylation is 2. The third kappa shape index (κ3) is 9.63. The van der Waals surface area contributed by atoms with Gasteiger partial charge in [-0.2, -0.15) is 0 Å². The minimum absolute atomic E-state index is 0.100. The van der Waals surface area contributed by atoms with Crippen LogP contribution in [0.3, 0.4) is 0 Å². The van der Waals surface area contributed by atoms with E-state index in [-0.39, 0.29) is 51.2 Å². The van der Waals surface area contributed by atoms with E-state index in [0.29, 0.717) is 40.2 Å². The molecule has 0 aromatic heterocycles. The monoisotopic (exact) mass is 701 g/mol. The maximum absolute atomic E-state index is 14.3. The number of amides is 4. The fourth-order valence-corrected chi connectivity index (χ4v) is 6.21. The van der Waals surface area contributed by atoms with Gasteiger partial charge in [-0.05, 0) is 94.1 Å². The van der Waals surface area contributed by atoms with Gasteiger partial charge in [0.15, 0.2) is 0 Å². The van der Waals surface area contributed by atoms with Gasteiger partial charge < -0.3 is 47.5 Å². The molecular formula is C38H51N7O6. The molecule has 0 saturated carbocycles. The van der Waals surface area contributed by atoms with Crippen molar-refractivity contribution in [2.75, 3.05) is 39.9 Å². The molecule has 4 atom stereocenters. The lowest BCUT2D eigenvalue weighted by atomic mass is 9.93. The summed E-state index contributed by atoms with van der Waals surface area (Å²) in [4.78, 5) is 56.5. The molecule has 3 aromatic rings. The minimum Gasteiger partial charge on any atom is -0.492 e. The fourth-order valence-electron chi connectivity index (χ4n) is 6.21. The Labute approximate surface area is 299 Å². The summed E-state index contributed by atoms with van der Waals surface area (Å²) in [5.41, 5.74) is 22.3. The molecule has 51 heavy (non-hydrogen) atoms. The van der Waals surface area contributed by atoms with Gasteiger partial charge >= 0.3 is 0 Å². The molecule has 0 radical (unpaired) electrons. The Kier molecular flexibility index (Phi) is 13.5. The van der Waals surface area contributed by atoms with Crippen molar-refractivity contribution in [2.24, 2.45) is 17.2 Å². The molecule has 0 fully saturated rings. The predicted molar refractivity (Wildman–Crippen MR) is 196 cm³/mol. The second kappa shape index (κ2) is 17.8. The van der Waals surface area contributed by atoms with Crippen LogP contribution in [0.5, 0.6) is 11.5 Å². The number of hydrogen-bond acceptors (Lipinski definition) is 9. The van der Waals surface area contributed by atoms with E-state index < -0.39 is 35.8 Å². The van der Waals surface area contributed by atoms with E-state index in [1.165, 1.54) is 11.9 Å². The summed E-state index contributed by atoms with van der Waals surface area (Å²) in [6.45, 7) is 8.37. The molecule has 4 rings (SSSR count). The number of nitrogens with two attached hydrogens (primary N) is 3. The standard InChI is InChI=1S/C38H51N7O6/c1-22-6-9-28(23(2)18-22)36(47)44-31(12-13-39)38(49)45(5)34-27-8-11-33(51-17-15-41)30(21-27)29-20-26(7-10-32(29)50-16-14-40)19-24(3)42-35(46)25(4)43-37(34)48/h6-11,18,20-21,24-25,31,34H,12-17,19,39-41H2,1-5H3,(H,42,46)(H,43,48)(H,44,47)/t24-,25+,31+,34+/m1/s1. The molecular weight excluding hydrogens is 650 g/mol. The van der Waals surface area contributed by atoms with Crippen LogP contribution in [0.1, 0.15) is 58.9 Å². The third-order valence-electron chi connectivity index (χ3n) is 8.76. The summed E-state index contributed by atoms with van der Waals surface area (Å²) in [5, 5.41) is 8.61. The van der Waals surface area contributed by atoms with Crippen molar-refractivity contribution in [2.45, 2.75) is 64.7 Å². The van der Waals surface area contributed by atoms with Crippen LogP contribution in [0.25, 0.3) is 11.1 Å². The summed E-state index contributed by atoms with van der Waals surface area (Å²) < 4.78 is 12.1. The Hall–Kier alpha value is -4.98. The maximum atomic E-state index is 14.3. The van der Waals surface area contributed by atoms with Gasteiger partial charge in [-0.25, -0.2) is 0 Å². The van der Waals surface area contributed by atoms with Crippen LogP contribution >= 0.6 is 0 Å². The highest BCUT2D eigenvalue weighted by Crippen LogP contribution is 2.40. The second-order valence-corrected chi connectivity index (χ2v) is 13.0. The minimum atomic E-state index is -1.23. The molecule has 13 heteroatoms. The van der Waals surface area contributed by atoms with Gasteiger partial charge in [-0.1, -0.05) is 29.8 Å². The summed E-state index contributed by atoms with van der Waals surface area (Å²) in [6, 6.07) is 12.9. The molecule has 13 nitrogen and oxygen atoms in total. The highest BCUT2D eigenvalue weighted by molar-refractivity contribution is 6.00. The number of benzene rings is 3. The van der Waals surface area contributed by atoms with E-state index in [0.717, 1.165) is 16.7 Å². The third-order valence-corrected chi connectivity index (χ3v) is 8.76. The maximum Gasteiger partial charge on any atom is 0.252 e. The van der Waals surface area contributed by atoms with Crippen molar-refractivity contribution < 1.29 is 28.7 Å². The number of fused-ring (bicyclic) bond motifs is 5. The zero-order chi connectivity index (χ0) is 37.2. The van der Waals surface area contributed by atoms with E-state index in [1.54, 1.807) is 31.2 Å². The first-order valence-corrected chi connectivity index (χ1v) is 17.3. The number of carbonyl (C=O) groups is 4. The van der Waals surface area contributed by atoms with Crippen molar-refractivity contribution in [3.8, 4) is 22.6 Å². The first-order chi connectivity index (χ1) is 24.4. The number of carbonyl (C=O) groups excluding carboxylic acids is 4.